The molecule has 2 aromatic carbocycles. The first-order valence-electron chi connectivity index (χ1n) is 7.66. The molecule has 1 aliphatic heterocycles. The monoisotopic (exact) mass is 423 g/mol. The number of nitrogens with one attached hydrogen (secondary N) is 1. The summed E-state index contributed by atoms with van der Waals surface area (Å²) in [7, 11) is -0.431. The van der Waals surface area contributed by atoms with Gasteiger partial charge in [0.15, 0.2) is 11.5 Å². The molecule has 0 atom stereocenters. The third-order valence-corrected chi connectivity index (χ3v) is 6.03. The average Bonchev–Trinajstić information content (AvgIpc) is 2.61. The Morgan fingerprint density at radius 2 is 1.72 bits per heavy atom. The Bertz CT molecular complexity index is 921. The topological polar surface area (TPSA) is 64.6 Å². The smallest absolute Gasteiger partial charge is 0.201 e. The third-order valence-electron chi connectivity index (χ3n) is 4.02. The van der Waals surface area contributed by atoms with Gasteiger partial charge in [0.25, 0.3) is 0 Å². The fraction of sp³-hybridized carbons (Fsp3) is 0.222. The van der Waals surface area contributed by atoms with Crippen LogP contribution in [0.5, 0.6) is 11.5 Å². The summed E-state index contributed by atoms with van der Waals surface area (Å²) in [6.07, 6.45) is 0.783. The molecule has 0 saturated carbocycles. The molecule has 1 N–H and O–H groups in total. The van der Waals surface area contributed by atoms with Crippen LogP contribution in [0.3, 0.4) is 0 Å². The lowest BCUT2D eigenvalue weighted by atomic mass is 9.98. The van der Waals surface area contributed by atoms with Crippen LogP contribution in [0.1, 0.15) is 11.1 Å². The molecule has 0 bridgehead atoms. The number of hydrogen-bond acceptors (Lipinski definition) is 5. The SMILES string of the molecule is COc1cc2c(cc1OC)/C(=C/S(=O)(=O)c1ccc(Br)cc1)NCC2. The summed E-state index contributed by atoms with van der Waals surface area (Å²) >= 11 is 3.31. The Morgan fingerprint density at radius 3 is 2.36 bits per heavy atom. The molecular formula is C18H18BrNO4S. The first kappa shape index (κ1) is 17.8. The number of halogens is 1. The van der Waals surface area contributed by atoms with Crippen molar-refractivity contribution in [1.82, 2.24) is 5.32 Å². The molecule has 0 aromatic heterocycles. The van der Waals surface area contributed by atoms with Crippen molar-refractivity contribution in [2.45, 2.75) is 11.3 Å². The Kier molecular flexibility index (Phi) is 5.06. The van der Waals surface area contributed by atoms with E-state index >= 15 is 0 Å². The molecule has 1 aliphatic rings. The van der Waals surface area contributed by atoms with Gasteiger partial charge in [-0.3, -0.25) is 0 Å². The van der Waals surface area contributed by atoms with Gasteiger partial charge in [0.05, 0.1) is 30.2 Å². The van der Waals surface area contributed by atoms with E-state index in [1.165, 1.54) is 5.41 Å². The summed E-state index contributed by atoms with van der Waals surface area (Å²) in [5.41, 5.74) is 2.39. The number of rotatable bonds is 4. The summed E-state index contributed by atoms with van der Waals surface area (Å²) in [6, 6.07) is 10.3. The number of methoxy groups -OCH3 is 2. The predicted molar refractivity (Wildman–Crippen MR) is 101 cm³/mol. The Labute approximate surface area is 155 Å². The van der Waals surface area contributed by atoms with Crippen molar-refractivity contribution in [3.8, 4) is 11.5 Å². The van der Waals surface area contributed by atoms with Crippen molar-refractivity contribution in [3.63, 3.8) is 0 Å². The molecule has 0 spiro atoms. The van der Waals surface area contributed by atoms with Crippen LogP contribution in [0.2, 0.25) is 0 Å². The summed E-state index contributed by atoms with van der Waals surface area (Å²) in [6.45, 7) is 0.657. The normalized spacial score (nSPS) is 15.4. The van der Waals surface area contributed by atoms with Crippen molar-refractivity contribution in [2.75, 3.05) is 20.8 Å². The minimum absolute atomic E-state index is 0.248. The fourth-order valence-corrected chi connectivity index (χ4v) is 4.19. The predicted octanol–water partition coefficient (Wildman–Crippen LogP) is 3.38. The molecule has 3 rings (SSSR count). The molecule has 0 unspecified atom stereocenters. The molecular weight excluding hydrogens is 406 g/mol. The van der Waals surface area contributed by atoms with Gasteiger partial charge in [-0.2, -0.15) is 0 Å². The molecule has 25 heavy (non-hydrogen) atoms. The first-order chi connectivity index (χ1) is 11.9. The van der Waals surface area contributed by atoms with Crippen molar-refractivity contribution >= 4 is 31.5 Å². The lowest BCUT2D eigenvalue weighted by molar-refractivity contribution is 0.354. The van der Waals surface area contributed by atoms with Crippen molar-refractivity contribution < 1.29 is 17.9 Å². The maximum absolute atomic E-state index is 12.7. The number of fused-ring (bicyclic) bond motifs is 1. The molecule has 0 radical (unpaired) electrons. The highest BCUT2D eigenvalue weighted by Crippen LogP contribution is 2.35. The van der Waals surface area contributed by atoms with E-state index < -0.39 is 9.84 Å². The lowest BCUT2D eigenvalue weighted by Gasteiger charge is -2.23. The Morgan fingerprint density at radius 1 is 1.08 bits per heavy atom. The van der Waals surface area contributed by atoms with Gasteiger partial charge in [0.1, 0.15) is 0 Å². The van der Waals surface area contributed by atoms with E-state index in [-0.39, 0.29) is 4.90 Å². The minimum Gasteiger partial charge on any atom is -0.493 e. The lowest BCUT2D eigenvalue weighted by Crippen LogP contribution is -2.23. The zero-order valence-electron chi connectivity index (χ0n) is 13.9. The van der Waals surface area contributed by atoms with Gasteiger partial charge < -0.3 is 14.8 Å². The van der Waals surface area contributed by atoms with Crippen LogP contribution in [0.25, 0.3) is 5.70 Å². The van der Waals surface area contributed by atoms with Crippen LogP contribution in [0.4, 0.5) is 0 Å². The van der Waals surface area contributed by atoms with E-state index in [9.17, 15) is 8.42 Å². The van der Waals surface area contributed by atoms with Gasteiger partial charge in [0.2, 0.25) is 9.84 Å². The van der Waals surface area contributed by atoms with Gasteiger partial charge in [0, 0.05) is 16.6 Å². The van der Waals surface area contributed by atoms with Crippen LogP contribution in [0.15, 0.2) is 51.2 Å². The molecule has 1 heterocycles. The molecule has 0 saturated heterocycles. The highest BCUT2D eigenvalue weighted by Gasteiger charge is 2.21. The van der Waals surface area contributed by atoms with E-state index in [4.69, 9.17) is 9.47 Å². The Balaban J connectivity index is 2.08. The maximum Gasteiger partial charge on any atom is 0.201 e. The Hall–Kier alpha value is -1.99. The highest BCUT2D eigenvalue weighted by molar-refractivity contribution is 9.10. The van der Waals surface area contributed by atoms with Crippen LogP contribution in [0, 0.1) is 0 Å². The van der Waals surface area contributed by atoms with Crippen molar-refractivity contribution in [3.05, 3.63) is 57.4 Å². The van der Waals surface area contributed by atoms with Gasteiger partial charge >= 0.3 is 0 Å². The molecule has 132 valence electrons. The highest BCUT2D eigenvalue weighted by atomic mass is 79.9. The maximum atomic E-state index is 12.7. The standard InChI is InChI=1S/C18H18BrNO4S/c1-23-17-9-12-7-8-20-16(15(12)10-18(17)24-2)11-25(21,22)14-5-3-13(19)4-6-14/h3-6,9-11,20H,7-8H2,1-2H3/b16-11-. The molecule has 2 aromatic rings. The molecule has 0 amide bonds. The quantitative estimate of drug-likeness (QED) is 0.816. The zero-order chi connectivity index (χ0) is 18.0. The molecule has 0 aliphatic carbocycles. The third kappa shape index (κ3) is 3.67. The summed E-state index contributed by atoms with van der Waals surface area (Å²) in [5.74, 6) is 1.20. The molecule has 7 heteroatoms. The molecule has 5 nitrogen and oxygen atoms in total. The zero-order valence-corrected chi connectivity index (χ0v) is 16.3. The number of hydrogen-bond donors (Lipinski definition) is 1. The average molecular weight is 424 g/mol. The van der Waals surface area contributed by atoms with Gasteiger partial charge in [-0.25, -0.2) is 8.42 Å². The van der Waals surface area contributed by atoms with Gasteiger partial charge in [-0.15, -0.1) is 0 Å². The van der Waals surface area contributed by atoms with E-state index in [1.807, 2.05) is 12.1 Å². The molecule has 0 fully saturated rings. The van der Waals surface area contributed by atoms with E-state index in [1.54, 1.807) is 38.5 Å². The second-order valence-corrected chi connectivity index (χ2v) is 8.28. The van der Waals surface area contributed by atoms with Crippen molar-refractivity contribution in [2.24, 2.45) is 0 Å². The van der Waals surface area contributed by atoms with Crippen molar-refractivity contribution in [1.29, 1.82) is 0 Å². The van der Waals surface area contributed by atoms with E-state index in [0.717, 1.165) is 22.0 Å². The van der Waals surface area contributed by atoms with E-state index in [2.05, 4.69) is 21.2 Å². The van der Waals surface area contributed by atoms with Gasteiger partial charge in [-0.1, -0.05) is 15.9 Å². The number of benzene rings is 2. The van der Waals surface area contributed by atoms with E-state index in [0.29, 0.717) is 23.7 Å². The van der Waals surface area contributed by atoms with Crippen LogP contribution < -0.4 is 14.8 Å². The van der Waals surface area contributed by atoms with Crippen LogP contribution >= 0.6 is 15.9 Å². The summed E-state index contributed by atoms with van der Waals surface area (Å²) in [5, 5.41) is 4.46. The summed E-state index contributed by atoms with van der Waals surface area (Å²) in [4.78, 5) is 0.248. The fourth-order valence-electron chi connectivity index (χ4n) is 2.76. The second kappa shape index (κ2) is 7.09. The van der Waals surface area contributed by atoms with Crippen LogP contribution in [-0.2, 0) is 16.3 Å². The minimum atomic E-state index is -3.57. The summed E-state index contributed by atoms with van der Waals surface area (Å²) < 4.78 is 36.9. The van der Waals surface area contributed by atoms with Gasteiger partial charge in [-0.05, 0) is 48.4 Å². The largest absolute Gasteiger partial charge is 0.493 e. The first-order valence-corrected chi connectivity index (χ1v) is 10.00. The number of sulfone groups is 1. The van der Waals surface area contributed by atoms with Crippen LogP contribution in [-0.4, -0.2) is 29.2 Å². The second-order valence-electron chi connectivity index (χ2n) is 5.57. The number of ether oxygens (including phenoxy) is 2.